The van der Waals surface area contributed by atoms with Gasteiger partial charge in [0.15, 0.2) is 5.11 Å². The van der Waals surface area contributed by atoms with Crippen molar-refractivity contribution in [1.29, 1.82) is 0 Å². The van der Waals surface area contributed by atoms with Crippen LogP contribution in [0, 0.1) is 0 Å². The highest BCUT2D eigenvalue weighted by atomic mass is 79.9. The Balaban J connectivity index is 2.17. The van der Waals surface area contributed by atoms with Crippen molar-refractivity contribution in [2.24, 2.45) is 0 Å². The lowest BCUT2D eigenvalue weighted by molar-refractivity contribution is -0.123. The molecule has 1 heterocycles. The molecule has 1 fully saturated rings. The Hall–Kier alpha value is -1.73. The highest BCUT2D eigenvalue weighted by Crippen LogP contribution is 2.26. The first kappa shape index (κ1) is 18.6. The summed E-state index contributed by atoms with van der Waals surface area (Å²) in [5.41, 5.74) is 0.658. The Bertz CT molecular complexity index is 666. The molecule has 0 atom stereocenters. The van der Waals surface area contributed by atoms with Gasteiger partial charge in [-0.2, -0.15) is 0 Å². The summed E-state index contributed by atoms with van der Waals surface area (Å²) in [7, 11) is 0. The standard InChI is InChI=1S/C17H19BrN2O3S/c1-2-3-4-5-8-23-14-7-6-12(18)9-11(14)10-13-15(21)19-17(24)20-16(13)22/h6-7,9-10H,2-5,8H2,1H3,(H2,19,20,21,22,24). The van der Waals surface area contributed by atoms with E-state index in [-0.39, 0.29) is 10.7 Å². The second-order valence-electron chi connectivity index (χ2n) is 5.39. The van der Waals surface area contributed by atoms with E-state index in [0.717, 1.165) is 17.3 Å². The fourth-order valence-corrected chi connectivity index (χ4v) is 2.80. The number of nitrogens with one attached hydrogen (secondary N) is 2. The third-order valence-corrected chi connectivity index (χ3v) is 4.17. The molecule has 0 saturated carbocycles. The van der Waals surface area contributed by atoms with Gasteiger partial charge in [0, 0.05) is 10.0 Å². The highest BCUT2D eigenvalue weighted by molar-refractivity contribution is 9.10. The number of ether oxygens (including phenoxy) is 1. The normalized spacial score (nSPS) is 14.2. The summed E-state index contributed by atoms with van der Waals surface area (Å²) >= 11 is 8.19. The van der Waals surface area contributed by atoms with Crippen LogP contribution >= 0.6 is 28.1 Å². The number of thiocarbonyl (C=S) groups is 1. The van der Waals surface area contributed by atoms with Gasteiger partial charge in [-0.05, 0) is 42.9 Å². The third kappa shape index (κ3) is 5.14. The smallest absolute Gasteiger partial charge is 0.263 e. The van der Waals surface area contributed by atoms with E-state index < -0.39 is 11.8 Å². The van der Waals surface area contributed by atoms with Crippen LogP contribution < -0.4 is 15.4 Å². The Morgan fingerprint density at radius 1 is 1.17 bits per heavy atom. The zero-order chi connectivity index (χ0) is 17.5. The minimum atomic E-state index is -0.516. The molecular weight excluding hydrogens is 392 g/mol. The molecule has 0 aromatic heterocycles. The molecule has 0 bridgehead atoms. The summed E-state index contributed by atoms with van der Waals surface area (Å²) in [6, 6.07) is 5.49. The molecule has 2 N–H and O–H groups in total. The van der Waals surface area contributed by atoms with Crippen molar-refractivity contribution in [2.45, 2.75) is 32.6 Å². The van der Waals surface area contributed by atoms with Crippen LogP contribution in [-0.4, -0.2) is 23.5 Å². The van der Waals surface area contributed by atoms with Gasteiger partial charge in [0.2, 0.25) is 0 Å². The van der Waals surface area contributed by atoms with Crippen molar-refractivity contribution in [3.8, 4) is 5.75 Å². The van der Waals surface area contributed by atoms with Gasteiger partial charge in [-0.1, -0.05) is 42.1 Å². The number of carbonyl (C=O) groups is 2. The maximum atomic E-state index is 12.0. The molecule has 1 aliphatic heterocycles. The topological polar surface area (TPSA) is 67.4 Å². The van der Waals surface area contributed by atoms with Crippen LogP contribution in [0.25, 0.3) is 6.08 Å². The molecule has 0 spiro atoms. The van der Waals surface area contributed by atoms with Crippen LogP contribution in [0.2, 0.25) is 0 Å². The van der Waals surface area contributed by atoms with Crippen LogP contribution in [0.4, 0.5) is 0 Å². The van der Waals surface area contributed by atoms with Gasteiger partial charge in [-0.15, -0.1) is 0 Å². The number of hydrogen-bond donors (Lipinski definition) is 2. The molecule has 7 heteroatoms. The van der Waals surface area contributed by atoms with Crippen molar-refractivity contribution in [2.75, 3.05) is 6.61 Å². The number of amides is 2. The van der Waals surface area contributed by atoms with Crippen LogP contribution in [0.1, 0.15) is 38.2 Å². The van der Waals surface area contributed by atoms with E-state index in [1.165, 1.54) is 18.9 Å². The van der Waals surface area contributed by atoms with E-state index in [4.69, 9.17) is 17.0 Å². The molecule has 1 saturated heterocycles. The Morgan fingerprint density at radius 2 is 1.88 bits per heavy atom. The quantitative estimate of drug-likeness (QED) is 0.313. The molecule has 5 nitrogen and oxygen atoms in total. The number of carbonyl (C=O) groups excluding carboxylic acids is 2. The molecular formula is C17H19BrN2O3S. The van der Waals surface area contributed by atoms with Gasteiger partial charge in [0.25, 0.3) is 11.8 Å². The molecule has 24 heavy (non-hydrogen) atoms. The maximum Gasteiger partial charge on any atom is 0.263 e. The van der Waals surface area contributed by atoms with Gasteiger partial charge in [0.05, 0.1) is 6.61 Å². The predicted octanol–water partition coefficient (Wildman–Crippen LogP) is 3.32. The zero-order valence-corrected chi connectivity index (χ0v) is 15.8. The predicted molar refractivity (Wildman–Crippen MR) is 101 cm³/mol. The summed E-state index contributed by atoms with van der Waals surface area (Å²) in [6.45, 7) is 2.76. The summed E-state index contributed by atoms with van der Waals surface area (Å²) in [6.07, 6.45) is 5.95. The van der Waals surface area contributed by atoms with Crippen molar-refractivity contribution < 1.29 is 14.3 Å². The fourth-order valence-electron chi connectivity index (χ4n) is 2.24. The third-order valence-electron chi connectivity index (χ3n) is 3.47. The zero-order valence-electron chi connectivity index (χ0n) is 13.4. The van der Waals surface area contributed by atoms with E-state index in [0.29, 0.717) is 17.9 Å². The molecule has 0 unspecified atom stereocenters. The summed E-state index contributed by atoms with van der Waals surface area (Å²) in [4.78, 5) is 23.9. The molecule has 0 aliphatic carbocycles. The summed E-state index contributed by atoms with van der Waals surface area (Å²) in [5.74, 6) is -0.397. The van der Waals surface area contributed by atoms with E-state index in [2.05, 4.69) is 33.5 Å². The Morgan fingerprint density at radius 3 is 2.54 bits per heavy atom. The number of hydrogen-bond acceptors (Lipinski definition) is 4. The van der Waals surface area contributed by atoms with Crippen molar-refractivity contribution in [1.82, 2.24) is 10.6 Å². The number of benzene rings is 1. The summed E-state index contributed by atoms with van der Waals surface area (Å²) < 4.78 is 6.65. The average Bonchev–Trinajstić information content (AvgIpc) is 2.52. The van der Waals surface area contributed by atoms with E-state index >= 15 is 0 Å². The van der Waals surface area contributed by atoms with Gasteiger partial charge in [-0.25, -0.2) is 0 Å². The SMILES string of the molecule is CCCCCCOc1ccc(Br)cc1C=C1C(=O)NC(=S)NC1=O. The average molecular weight is 411 g/mol. The van der Waals surface area contributed by atoms with Crippen LogP contribution in [0.5, 0.6) is 5.75 Å². The largest absolute Gasteiger partial charge is 0.493 e. The molecule has 128 valence electrons. The van der Waals surface area contributed by atoms with Gasteiger partial charge < -0.3 is 4.74 Å². The van der Waals surface area contributed by atoms with E-state index in [1.807, 2.05) is 18.2 Å². The van der Waals surface area contributed by atoms with Crippen LogP contribution in [-0.2, 0) is 9.59 Å². The molecule has 1 aliphatic rings. The first-order chi connectivity index (χ1) is 11.5. The first-order valence-electron chi connectivity index (χ1n) is 7.82. The molecule has 1 aromatic rings. The van der Waals surface area contributed by atoms with Gasteiger partial charge >= 0.3 is 0 Å². The number of rotatable bonds is 7. The van der Waals surface area contributed by atoms with Crippen molar-refractivity contribution in [3.63, 3.8) is 0 Å². The molecule has 1 aromatic carbocycles. The van der Waals surface area contributed by atoms with Crippen molar-refractivity contribution in [3.05, 3.63) is 33.8 Å². The van der Waals surface area contributed by atoms with Gasteiger partial charge in [0.1, 0.15) is 11.3 Å². The fraction of sp³-hybridized carbons (Fsp3) is 0.353. The lowest BCUT2D eigenvalue weighted by Gasteiger charge is -2.17. The van der Waals surface area contributed by atoms with E-state index in [9.17, 15) is 9.59 Å². The lowest BCUT2D eigenvalue weighted by Crippen LogP contribution is -2.51. The van der Waals surface area contributed by atoms with Crippen LogP contribution in [0.3, 0.4) is 0 Å². The lowest BCUT2D eigenvalue weighted by atomic mass is 10.1. The second kappa shape index (κ2) is 8.94. The first-order valence-corrected chi connectivity index (χ1v) is 9.02. The number of halogens is 1. The molecule has 2 amide bonds. The molecule has 2 rings (SSSR count). The second-order valence-corrected chi connectivity index (χ2v) is 6.71. The molecule has 0 radical (unpaired) electrons. The number of unbranched alkanes of at least 4 members (excludes halogenated alkanes) is 3. The Kier molecular flexibility index (Phi) is 6.93. The van der Waals surface area contributed by atoms with Gasteiger partial charge in [-0.3, -0.25) is 20.2 Å². The summed E-state index contributed by atoms with van der Waals surface area (Å²) in [5, 5.41) is 4.86. The van der Waals surface area contributed by atoms with Crippen LogP contribution in [0.15, 0.2) is 28.2 Å². The van der Waals surface area contributed by atoms with Crippen molar-refractivity contribution >= 4 is 51.2 Å². The highest BCUT2D eigenvalue weighted by Gasteiger charge is 2.26. The minimum absolute atomic E-state index is 0.00228. The van der Waals surface area contributed by atoms with E-state index in [1.54, 1.807) is 0 Å². The Labute approximate surface area is 155 Å². The monoisotopic (exact) mass is 410 g/mol. The minimum Gasteiger partial charge on any atom is -0.493 e. The maximum absolute atomic E-state index is 12.0.